The van der Waals surface area contributed by atoms with E-state index in [9.17, 15) is 17.6 Å². The SMILES string of the molecule is Cl.Fc1ccc([C@@H](F)C(F)F)cc1.N. The average molecular weight is 232 g/mol. The summed E-state index contributed by atoms with van der Waals surface area (Å²) >= 11 is 0. The molecule has 1 aromatic rings. The summed E-state index contributed by atoms with van der Waals surface area (Å²) in [5, 5.41) is 0. The van der Waals surface area contributed by atoms with E-state index < -0.39 is 18.4 Å². The van der Waals surface area contributed by atoms with Gasteiger partial charge < -0.3 is 6.15 Å². The van der Waals surface area contributed by atoms with Crippen LogP contribution in [-0.2, 0) is 0 Å². The van der Waals surface area contributed by atoms with Crippen LogP contribution in [0.15, 0.2) is 24.3 Å². The molecule has 0 amide bonds. The summed E-state index contributed by atoms with van der Waals surface area (Å²) in [6.07, 6.45) is -5.39. The van der Waals surface area contributed by atoms with Gasteiger partial charge in [0.05, 0.1) is 0 Å². The summed E-state index contributed by atoms with van der Waals surface area (Å²) in [5.74, 6) is -0.569. The van der Waals surface area contributed by atoms with Crippen LogP contribution in [0.1, 0.15) is 11.7 Å². The molecule has 0 unspecified atom stereocenters. The van der Waals surface area contributed by atoms with E-state index >= 15 is 0 Å². The highest BCUT2D eigenvalue weighted by Gasteiger charge is 2.20. The van der Waals surface area contributed by atoms with E-state index in [-0.39, 0.29) is 24.1 Å². The largest absolute Gasteiger partial charge is 0.344 e. The van der Waals surface area contributed by atoms with Crippen molar-refractivity contribution >= 4 is 12.4 Å². The Morgan fingerprint density at radius 1 is 0.929 bits per heavy atom. The van der Waals surface area contributed by atoms with E-state index in [1.54, 1.807) is 0 Å². The molecule has 0 heterocycles. The van der Waals surface area contributed by atoms with Crippen molar-refractivity contribution in [3.8, 4) is 0 Å². The van der Waals surface area contributed by atoms with Gasteiger partial charge in [-0.05, 0) is 17.7 Å². The molecule has 1 nitrogen and oxygen atoms in total. The minimum atomic E-state index is -3.06. The molecule has 1 atom stereocenters. The second-order valence-electron chi connectivity index (χ2n) is 2.29. The topological polar surface area (TPSA) is 35.0 Å². The van der Waals surface area contributed by atoms with Crippen LogP contribution in [0.25, 0.3) is 0 Å². The van der Waals surface area contributed by atoms with Crippen molar-refractivity contribution in [3.63, 3.8) is 0 Å². The smallest absolute Gasteiger partial charge is 0.273 e. The molecule has 0 aliphatic rings. The fourth-order valence-electron chi connectivity index (χ4n) is 0.792. The van der Waals surface area contributed by atoms with Gasteiger partial charge in [-0.25, -0.2) is 17.6 Å². The molecule has 1 rings (SSSR count). The van der Waals surface area contributed by atoms with Crippen LogP contribution in [-0.4, -0.2) is 6.43 Å². The standard InChI is InChI=1S/C8H6F4.ClH.H3N/c9-6-3-1-5(2-4-6)7(10)8(11)12;;/h1-4,7-8H;1H;1H3/t7-;;/m1../s1. The molecule has 0 fully saturated rings. The average Bonchev–Trinajstić information content (AvgIpc) is 2.04. The van der Waals surface area contributed by atoms with Gasteiger partial charge in [-0.1, -0.05) is 12.1 Å². The maximum atomic E-state index is 12.5. The molecule has 0 aliphatic heterocycles. The third kappa shape index (κ3) is 3.93. The minimum absolute atomic E-state index is 0. The molecule has 14 heavy (non-hydrogen) atoms. The maximum absolute atomic E-state index is 12.5. The van der Waals surface area contributed by atoms with Gasteiger partial charge in [0.15, 0.2) is 6.17 Å². The lowest BCUT2D eigenvalue weighted by molar-refractivity contribution is 0.0495. The van der Waals surface area contributed by atoms with Gasteiger partial charge in [-0.3, -0.25) is 0 Å². The number of benzene rings is 1. The van der Waals surface area contributed by atoms with Gasteiger partial charge in [-0.2, -0.15) is 0 Å². The Labute approximate surface area is 85.1 Å². The monoisotopic (exact) mass is 231 g/mol. The Kier molecular flexibility index (Phi) is 7.40. The third-order valence-corrected chi connectivity index (χ3v) is 1.41. The van der Waals surface area contributed by atoms with Crippen LogP contribution in [0.5, 0.6) is 0 Å². The van der Waals surface area contributed by atoms with Gasteiger partial charge in [-0.15, -0.1) is 12.4 Å². The molecule has 82 valence electrons. The molecule has 0 bridgehead atoms. The van der Waals surface area contributed by atoms with Gasteiger partial charge >= 0.3 is 0 Å². The van der Waals surface area contributed by atoms with E-state index in [2.05, 4.69) is 0 Å². The highest BCUT2D eigenvalue weighted by Crippen LogP contribution is 2.24. The molecule has 0 spiro atoms. The van der Waals surface area contributed by atoms with Gasteiger partial charge in [0, 0.05) is 0 Å². The first-order valence-corrected chi connectivity index (χ1v) is 3.29. The summed E-state index contributed by atoms with van der Waals surface area (Å²) in [6, 6.07) is 3.91. The van der Waals surface area contributed by atoms with E-state index in [0.29, 0.717) is 0 Å². The summed E-state index contributed by atoms with van der Waals surface area (Å²) in [6.45, 7) is 0. The Bertz CT molecular complexity index is 252. The number of rotatable bonds is 2. The van der Waals surface area contributed by atoms with E-state index in [4.69, 9.17) is 0 Å². The molecule has 3 N–H and O–H groups in total. The van der Waals surface area contributed by atoms with Crippen LogP contribution in [0.2, 0.25) is 0 Å². The first-order chi connectivity index (χ1) is 5.61. The quantitative estimate of drug-likeness (QED) is 0.774. The van der Waals surface area contributed by atoms with Gasteiger partial charge in [0.25, 0.3) is 6.43 Å². The van der Waals surface area contributed by atoms with Crippen LogP contribution < -0.4 is 6.15 Å². The first kappa shape index (κ1) is 15.7. The zero-order valence-corrected chi connectivity index (χ0v) is 7.91. The molecule has 6 heteroatoms. The van der Waals surface area contributed by atoms with Crippen molar-refractivity contribution in [1.82, 2.24) is 6.15 Å². The van der Waals surface area contributed by atoms with Gasteiger partial charge in [0.2, 0.25) is 0 Å². The van der Waals surface area contributed by atoms with E-state index in [0.717, 1.165) is 24.3 Å². The van der Waals surface area contributed by atoms with Crippen LogP contribution in [0.4, 0.5) is 17.6 Å². The first-order valence-electron chi connectivity index (χ1n) is 3.29. The Hall–Kier alpha value is -0.810. The van der Waals surface area contributed by atoms with Crippen molar-refractivity contribution in [3.05, 3.63) is 35.6 Å². The Balaban J connectivity index is 0. The lowest BCUT2D eigenvalue weighted by Crippen LogP contribution is -2.02. The highest BCUT2D eigenvalue weighted by atomic mass is 35.5. The minimum Gasteiger partial charge on any atom is -0.344 e. The van der Waals surface area contributed by atoms with Crippen LogP contribution in [0, 0.1) is 5.82 Å². The van der Waals surface area contributed by atoms with Crippen LogP contribution in [0.3, 0.4) is 0 Å². The molecule has 0 aliphatic carbocycles. The van der Waals surface area contributed by atoms with Crippen LogP contribution >= 0.6 is 12.4 Å². The lowest BCUT2D eigenvalue weighted by atomic mass is 10.1. The fourth-order valence-corrected chi connectivity index (χ4v) is 0.792. The second kappa shape index (κ2) is 6.62. The van der Waals surface area contributed by atoms with Crippen molar-refractivity contribution < 1.29 is 17.6 Å². The van der Waals surface area contributed by atoms with Crippen molar-refractivity contribution in [1.29, 1.82) is 0 Å². The molecular formula is C8H10ClF4N. The van der Waals surface area contributed by atoms with E-state index in [1.807, 2.05) is 0 Å². The molecular weight excluding hydrogens is 222 g/mol. The normalized spacial score (nSPS) is 11.5. The highest BCUT2D eigenvalue weighted by molar-refractivity contribution is 5.85. The van der Waals surface area contributed by atoms with E-state index in [1.165, 1.54) is 0 Å². The van der Waals surface area contributed by atoms with Crippen molar-refractivity contribution in [2.45, 2.75) is 12.6 Å². The number of halogens is 5. The molecule has 0 aromatic heterocycles. The third-order valence-electron chi connectivity index (χ3n) is 1.41. The summed E-state index contributed by atoms with van der Waals surface area (Å²) < 4.78 is 48.2. The zero-order valence-electron chi connectivity index (χ0n) is 7.09. The Morgan fingerprint density at radius 3 is 1.71 bits per heavy atom. The maximum Gasteiger partial charge on any atom is 0.273 e. The number of hydrogen-bond acceptors (Lipinski definition) is 1. The number of alkyl halides is 3. The van der Waals surface area contributed by atoms with Gasteiger partial charge in [0.1, 0.15) is 5.82 Å². The van der Waals surface area contributed by atoms with Crippen molar-refractivity contribution in [2.24, 2.45) is 0 Å². The second-order valence-corrected chi connectivity index (χ2v) is 2.29. The predicted octanol–water partition coefficient (Wildman–Crippen LogP) is 3.69. The molecule has 1 aromatic carbocycles. The van der Waals surface area contributed by atoms with Crippen molar-refractivity contribution in [2.75, 3.05) is 0 Å². The predicted molar refractivity (Wildman–Crippen MR) is 48.5 cm³/mol. The number of hydrogen-bond donors (Lipinski definition) is 1. The summed E-state index contributed by atoms with van der Waals surface area (Å²) in [4.78, 5) is 0. The fraction of sp³-hybridized carbons (Fsp3) is 0.250. The molecule has 0 saturated heterocycles. The lowest BCUT2D eigenvalue weighted by Gasteiger charge is -2.05. The molecule has 0 saturated carbocycles. The summed E-state index contributed by atoms with van der Waals surface area (Å²) in [7, 11) is 0. The summed E-state index contributed by atoms with van der Waals surface area (Å²) in [5.41, 5.74) is -0.202. The molecule has 0 radical (unpaired) electrons. The Morgan fingerprint density at radius 2 is 1.36 bits per heavy atom. The zero-order chi connectivity index (χ0) is 9.14.